The van der Waals surface area contributed by atoms with E-state index in [4.69, 9.17) is 0 Å². The summed E-state index contributed by atoms with van der Waals surface area (Å²) in [6.45, 7) is 4.92. The fourth-order valence-electron chi connectivity index (χ4n) is 2.89. The van der Waals surface area contributed by atoms with E-state index in [1.54, 1.807) is 0 Å². The molecule has 0 bridgehead atoms. The maximum absolute atomic E-state index is 14.1. The summed E-state index contributed by atoms with van der Waals surface area (Å²) in [6, 6.07) is 11.6. The monoisotopic (exact) mass is 274 g/mol. The number of fused-ring (bicyclic) bond motifs is 1. The molecule has 0 N–H and O–H groups in total. The van der Waals surface area contributed by atoms with Crippen molar-refractivity contribution in [2.75, 3.05) is 16.3 Å². The van der Waals surface area contributed by atoms with E-state index in [1.807, 2.05) is 36.1 Å². The topological polar surface area (TPSA) is 6.48 Å². The number of hydrogen-bond acceptors (Lipinski definition) is 2. The van der Waals surface area contributed by atoms with E-state index in [9.17, 15) is 8.78 Å². The Bertz CT molecular complexity index is 642. The molecule has 1 aliphatic heterocycles. The Morgan fingerprint density at radius 1 is 1.00 bits per heavy atom. The molecule has 1 atom stereocenters. The van der Waals surface area contributed by atoms with Gasteiger partial charge in [0.1, 0.15) is 17.8 Å². The lowest BCUT2D eigenvalue weighted by atomic mass is 10.2. The van der Waals surface area contributed by atoms with Crippen LogP contribution in [0.3, 0.4) is 0 Å². The van der Waals surface area contributed by atoms with E-state index >= 15 is 0 Å². The van der Waals surface area contributed by atoms with Crippen LogP contribution in [-0.2, 0) is 0 Å². The van der Waals surface area contributed by atoms with Gasteiger partial charge in [0.2, 0.25) is 0 Å². The minimum Gasteiger partial charge on any atom is -0.350 e. The van der Waals surface area contributed by atoms with Gasteiger partial charge in [-0.2, -0.15) is 0 Å². The third kappa shape index (κ3) is 1.83. The summed E-state index contributed by atoms with van der Waals surface area (Å²) in [4.78, 5) is 4.10. The maximum Gasteiger partial charge on any atom is 0.149 e. The zero-order valence-electron chi connectivity index (χ0n) is 11.5. The van der Waals surface area contributed by atoms with E-state index in [0.29, 0.717) is 5.69 Å². The number of anilines is 3. The van der Waals surface area contributed by atoms with Crippen LogP contribution in [0.5, 0.6) is 0 Å². The van der Waals surface area contributed by atoms with Gasteiger partial charge in [-0.05, 0) is 38.1 Å². The molecule has 2 aromatic carbocycles. The quantitative estimate of drug-likeness (QED) is 0.806. The molecule has 0 aliphatic carbocycles. The summed E-state index contributed by atoms with van der Waals surface area (Å²) < 4.78 is 27.2. The third-order valence-corrected chi connectivity index (χ3v) is 3.79. The number of para-hydroxylation sites is 2. The zero-order valence-corrected chi connectivity index (χ0v) is 11.5. The minimum atomic E-state index is -0.557. The van der Waals surface area contributed by atoms with Crippen molar-refractivity contribution >= 4 is 17.1 Å². The highest BCUT2D eigenvalue weighted by Crippen LogP contribution is 2.44. The molecule has 104 valence electrons. The molecule has 20 heavy (non-hydrogen) atoms. The number of hydrogen-bond donors (Lipinski definition) is 0. The molecule has 0 fully saturated rings. The lowest BCUT2D eigenvalue weighted by Crippen LogP contribution is -2.38. The summed E-state index contributed by atoms with van der Waals surface area (Å²) in [5.74, 6) is -1.09. The van der Waals surface area contributed by atoms with Gasteiger partial charge in [-0.3, -0.25) is 0 Å². The highest BCUT2D eigenvalue weighted by molar-refractivity contribution is 5.83. The second-order valence-electron chi connectivity index (χ2n) is 4.87. The van der Waals surface area contributed by atoms with Gasteiger partial charge >= 0.3 is 0 Å². The summed E-state index contributed by atoms with van der Waals surface area (Å²) in [5, 5.41) is 0. The largest absolute Gasteiger partial charge is 0.350 e. The first kappa shape index (κ1) is 12.9. The Morgan fingerprint density at radius 2 is 1.70 bits per heavy atom. The molecule has 1 aliphatic rings. The molecule has 4 heteroatoms. The molecule has 0 amide bonds. The normalized spacial score (nSPS) is 17.5. The van der Waals surface area contributed by atoms with Crippen molar-refractivity contribution in [2.24, 2.45) is 0 Å². The number of halogens is 2. The van der Waals surface area contributed by atoms with Crippen molar-refractivity contribution in [2.45, 2.75) is 20.0 Å². The average molecular weight is 274 g/mol. The Morgan fingerprint density at radius 3 is 2.35 bits per heavy atom. The molecule has 0 saturated carbocycles. The van der Waals surface area contributed by atoms with Crippen LogP contribution >= 0.6 is 0 Å². The molecule has 0 saturated heterocycles. The number of benzene rings is 2. The van der Waals surface area contributed by atoms with E-state index in [2.05, 4.69) is 11.8 Å². The van der Waals surface area contributed by atoms with Crippen molar-refractivity contribution in [3.8, 4) is 0 Å². The molecule has 1 unspecified atom stereocenters. The summed E-state index contributed by atoms with van der Waals surface area (Å²) >= 11 is 0. The van der Waals surface area contributed by atoms with Crippen LogP contribution in [0.4, 0.5) is 25.8 Å². The zero-order chi connectivity index (χ0) is 14.3. The van der Waals surface area contributed by atoms with Gasteiger partial charge in [-0.25, -0.2) is 8.78 Å². The van der Waals surface area contributed by atoms with Crippen molar-refractivity contribution in [3.63, 3.8) is 0 Å². The number of nitrogens with zero attached hydrogens (tertiary/aromatic N) is 2. The summed E-state index contributed by atoms with van der Waals surface area (Å²) in [6.07, 6.45) is -0.00244. The Hall–Kier alpha value is -2.10. The molecule has 3 rings (SSSR count). The second-order valence-corrected chi connectivity index (χ2v) is 4.87. The summed E-state index contributed by atoms with van der Waals surface area (Å²) in [5.41, 5.74) is 2.43. The lowest BCUT2D eigenvalue weighted by molar-refractivity contribution is 0.577. The predicted molar refractivity (Wildman–Crippen MR) is 77.4 cm³/mol. The predicted octanol–water partition coefficient (Wildman–Crippen LogP) is 4.29. The summed E-state index contributed by atoms with van der Waals surface area (Å²) in [7, 11) is 0. The molecular weight excluding hydrogens is 258 g/mol. The highest BCUT2D eigenvalue weighted by Gasteiger charge is 2.33. The Labute approximate surface area is 117 Å². The standard InChI is InChI=1S/C16H16F2N2/c1-3-19-11(2)20(16-7-5-4-6-15(16)19)14-9-8-12(17)10-13(14)18/h4-11H,3H2,1-2H3. The van der Waals surface area contributed by atoms with Gasteiger partial charge in [0.05, 0.1) is 17.1 Å². The lowest BCUT2D eigenvalue weighted by Gasteiger charge is -2.29. The van der Waals surface area contributed by atoms with Crippen LogP contribution in [0.15, 0.2) is 42.5 Å². The van der Waals surface area contributed by atoms with Crippen molar-refractivity contribution < 1.29 is 8.78 Å². The van der Waals surface area contributed by atoms with Crippen LogP contribution < -0.4 is 9.80 Å². The molecule has 0 aromatic heterocycles. The fourth-order valence-corrected chi connectivity index (χ4v) is 2.89. The molecule has 2 nitrogen and oxygen atoms in total. The Balaban J connectivity index is 2.14. The molecule has 0 spiro atoms. The first-order chi connectivity index (χ1) is 9.63. The smallest absolute Gasteiger partial charge is 0.149 e. The van der Waals surface area contributed by atoms with Crippen molar-refractivity contribution in [1.29, 1.82) is 0 Å². The Kier molecular flexibility index (Phi) is 3.08. The molecular formula is C16H16F2N2. The van der Waals surface area contributed by atoms with Crippen molar-refractivity contribution in [3.05, 3.63) is 54.1 Å². The minimum absolute atomic E-state index is 0.00244. The third-order valence-electron chi connectivity index (χ3n) is 3.79. The van der Waals surface area contributed by atoms with Crippen LogP contribution in [0.25, 0.3) is 0 Å². The molecule has 2 aromatic rings. The van der Waals surface area contributed by atoms with Gasteiger partial charge in [0.25, 0.3) is 0 Å². The van der Waals surface area contributed by atoms with Gasteiger partial charge in [0, 0.05) is 12.6 Å². The van der Waals surface area contributed by atoms with Gasteiger partial charge in [-0.15, -0.1) is 0 Å². The van der Waals surface area contributed by atoms with Gasteiger partial charge in [0.15, 0.2) is 0 Å². The SMILES string of the molecule is CCN1c2ccccc2N(c2ccc(F)cc2F)C1C. The van der Waals surface area contributed by atoms with Crippen LogP contribution in [0.2, 0.25) is 0 Å². The van der Waals surface area contributed by atoms with E-state index < -0.39 is 11.6 Å². The van der Waals surface area contributed by atoms with Gasteiger partial charge in [-0.1, -0.05) is 12.1 Å². The second kappa shape index (κ2) is 4.78. The van der Waals surface area contributed by atoms with Crippen molar-refractivity contribution in [1.82, 2.24) is 0 Å². The van der Waals surface area contributed by atoms with Crippen LogP contribution in [0, 0.1) is 11.6 Å². The van der Waals surface area contributed by atoms with E-state index in [1.165, 1.54) is 12.1 Å². The first-order valence-electron chi connectivity index (χ1n) is 6.73. The first-order valence-corrected chi connectivity index (χ1v) is 6.73. The maximum atomic E-state index is 14.1. The van der Waals surface area contributed by atoms with Crippen LogP contribution in [-0.4, -0.2) is 12.7 Å². The van der Waals surface area contributed by atoms with E-state index in [0.717, 1.165) is 24.0 Å². The fraction of sp³-hybridized carbons (Fsp3) is 0.250. The molecule has 0 radical (unpaired) electrons. The van der Waals surface area contributed by atoms with Gasteiger partial charge < -0.3 is 9.80 Å². The number of rotatable bonds is 2. The highest BCUT2D eigenvalue weighted by atomic mass is 19.1. The average Bonchev–Trinajstić information content (AvgIpc) is 2.71. The molecule has 1 heterocycles. The van der Waals surface area contributed by atoms with Crippen LogP contribution in [0.1, 0.15) is 13.8 Å². The van der Waals surface area contributed by atoms with E-state index in [-0.39, 0.29) is 6.17 Å².